The fraction of sp³-hybridized carbons (Fsp3) is 0.583. The molecule has 1 saturated heterocycles. The van der Waals surface area contributed by atoms with Gasteiger partial charge in [-0.3, -0.25) is 4.90 Å². The summed E-state index contributed by atoms with van der Waals surface area (Å²) in [6, 6.07) is 3.07. The summed E-state index contributed by atoms with van der Waals surface area (Å²) in [5.74, 6) is 0.786. The molecule has 2 aromatic heterocycles. The molecule has 2 fully saturated rings. The number of hydrogen-bond acceptors (Lipinski definition) is 5. The molecule has 1 unspecified atom stereocenters. The molecule has 4 rings (SSSR count). The topological polar surface area (TPSA) is 78.3 Å². The number of H-pyrrole nitrogens is 1. The summed E-state index contributed by atoms with van der Waals surface area (Å²) in [7, 11) is 0. The van der Waals surface area contributed by atoms with E-state index in [4.69, 9.17) is 0 Å². The summed E-state index contributed by atoms with van der Waals surface area (Å²) in [5.41, 5.74) is 0.342. The highest BCUT2D eigenvalue weighted by Gasteiger charge is 2.34. The molecule has 0 radical (unpaired) electrons. The van der Waals surface area contributed by atoms with Gasteiger partial charge in [-0.2, -0.15) is 5.10 Å². The minimum atomic E-state index is -0.255. The maximum atomic E-state index is 11.3. The molecule has 1 saturated carbocycles. The van der Waals surface area contributed by atoms with Gasteiger partial charge in [0.05, 0.1) is 0 Å². The van der Waals surface area contributed by atoms with Crippen LogP contribution in [-0.4, -0.2) is 49.7 Å². The molecular formula is C12H16N6O. The van der Waals surface area contributed by atoms with E-state index in [9.17, 15) is 4.79 Å². The van der Waals surface area contributed by atoms with Gasteiger partial charge in [-0.1, -0.05) is 0 Å². The van der Waals surface area contributed by atoms with E-state index in [1.165, 1.54) is 30.1 Å². The summed E-state index contributed by atoms with van der Waals surface area (Å²) in [6.45, 7) is 2.26. The predicted octanol–water partition coefficient (Wildman–Crippen LogP) is 0.0662. The van der Waals surface area contributed by atoms with Gasteiger partial charge >= 0.3 is 5.69 Å². The van der Waals surface area contributed by atoms with Gasteiger partial charge in [0.2, 0.25) is 0 Å². The van der Waals surface area contributed by atoms with Gasteiger partial charge in [-0.05, 0) is 19.3 Å². The van der Waals surface area contributed by atoms with Crippen LogP contribution < -0.4 is 11.0 Å². The van der Waals surface area contributed by atoms with Gasteiger partial charge in [0.1, 0.15) is 12.1 Å². The molecule has 2 N–H and O–H groups in total. The molecule has 7 nitrogen and oxygen atoms in total. The first-order valence-electron chi connectivity index (χ1n) is 6.73. The predicted molar refractivity (Wildman–Crippen MR) is 70.2 cm³/mol. The molecule has 100 valence electrons. The molecule has 2 aliphatic rings. The lowest BCUT2D eigenvalue weighted by atomic mass is 10.2. The molecule has 19 heavy (non-hydrogen) atoms. The van der Waals surface area contributed by atoms with E-state index in [0.29, 0.717) is 11.7 Å². The zero-order valence-corrected chi connectivity index (χ0v) is 10.5. The third kappa shape index (κ3) is 1.99. The van der Waals surface area contributed by atoms with Crippen molar-refractivity contribution in [1.82, 2.24) is 24.5 Å². The summed E-state index contributed by atoms with van der Waals surface area (Å²) in [5, 5.41) is 9.78. The van der Waals surface area contributed by atoms with Crippen molar-refractivity contribution >= 4 is 11.5 Å². The fourth-order valence-electron chi connectivity index (χ4n) is 2.77. The Morgan fingerprint density at radius 1 is 1.37 bits per heavy atom. The van der Waals surface area contributed by atoms with Crippen LogP contribution in [0, 0.1) is 0 Å². The number of nitrogens with one attached hydrogen (secondary N) is 2. The van der Waals surface area contributed by atoms with E-state index in [1.54, 1.807) is 6.07 Å². The third-order valence-electron chi connectivity index (χ3n) is 3.94. The lowest BCUT2D eigenvalue weighted by Crippen LogP contribution is -2.28. The summed E-state index contributed by atoms with van der Waals surface area (Å²) in [6.07, 6.45) is 5.37. The standard InChI is InChI=1S/C12H16N6O/c19-12-16-15-11-5-10(13-7-18(11)12)14-8-3-4-17(6-8)9-1-2-9/h5,7-9,14H,1-4,6H2,(H,16,19). The molecule has 0 aromatic carbocycles. The highest BCUT2D eigenvalue weighted by molar-refractivity contribution is 5.48. The van der Waals surface area contributed by atoms with Crippen LogP contribution in [0.1, 0.15) is 19.3 Å². The summed E-state index contributed by atoms with van der Waals surface area (Å²) < 4.78 is 1.40. The normalized spacial score (nSPS) is 24.1. The molecule has 0 amide bonds. The zero-order valence-electron chi connectivity index (χ0n) is 10.5. The lowest BCUT2D eigenvalue weighted by molar-refractivity contribution is 0.326. The molecule has 1 aliphatic heterocycles. The molecule has 2 aromatic rings. The Hall–Kier alpha value is -1.89. The number of aromatic nitrogens is 4. The molecule has 0 bridgehead atoms. The Labute approximate surface area is 109 Å². The van der Waals surface area contributed by atoms with Crippen molar-refractivity contribution in [3.8, 4) is 0 Å². The second-order valence-electron chi connectivity index (χ2n) is 5.39. The van der Waals surface area contributed by atoms with E-state index >= 15 is 0 Å². The number of rotatable bonds is 3. The quantitative estimate of drug-likeness (QED) is 0.816. The van der Waals surface area contributed by atoms with Crippen molar-refractivity contribution in [2.24, 2.45) is 0 Å². The van der Waals surface area contributed by atoms with Gasteiger partial charge in [-0.15, -0.1) is 0 Å². The Bertz CT molecular complexity index is 658. The van der Waals surface area contributed by atoms with Crippen LogP contribution in [-0.2, 0) is 0 Å². The number of nitrogens with zero attached hydrogens (tertiary/aromatic N) is 4. The van der Waals surface area contributed by atoms with Crippen molar-refractivity contribution in [3.05, 3.63) is 22.9 Å². The van der Waals surface area contributed by atoms with Crippen molar-refractivity contribution < 1.29 is 0 Å². The van der Waals surface area contributed by atoms with Crippen LogP contribution >= 0.6 is 0 Å². The number of aromatic amines is 1. The number of hydrogen-bond donors (Lipinski definition) is 2. The molecule has 3 heterocycles. The first-order chi connectivity index (χ1) is 9.29. The fourth-order valence-corrected chi connectivity index (χ4v) is 2.77. The first kappa shape index (κ1) is 11.0. The van der Waals surface area contributed by atoms with Crippen molar-refractivity contribution in [3.63, 3.8) is 0 Å². The molecule has 1 atom stereocenters. The highest BCUT2D eigenvalue weighted by Crippen LogP contribution is 2.30. The van der Waals surface area contributed by atoms with E-state index in [0.717, 1.165) is 24.8 Å². The Balaban J connectivity index is 1.50. The Morgan fingerprint density at radius 3 is 3.11 bits per heavy atom. The number of anilines is 1. The van der Waals surface area contributed by atoms with Gasteiger partial charge in [0.25, 0.3) is 0 Å². The van der Waals surface area contributed by atoms with E-state index in [2.05, 4.69) is 25.4 Å². The van der Waals surface area contributed by atoms with Crippen LogP contribution in [0.4, 0.5) is 5.82 Å². The monoisotopic (exact) mass is 260 g/mol. The highest BCUT2D eigenvalue weighted by atomic mass is 16.1. The van der Waals surface area contributed by atoms with Crippen molar-refractivity contribution in [2.45, 2.75) is 31.3 Å². The van der Waals surface area contributed by atoms with Gasteiger partial charge in [0, 0.05) is 31.2 Å². The van der Waals surface area contributed by atoms with E-state index < -0.39 is 0 Å². The van der Waals surface area contributed by atoms with Gasteiger partial charge in [0.15, 0.2) is 5.65 Å². The van der Waals surface area contributed by atoms with Crippen LogP contribution in [0.15, 0.2) is 17.2 Å². The Morgan fingerprint density at radius 2 is 2.26 bits per heavy atom. The average molecular weight is 260 g/mol. The van der Waals surface area contributed by atoms with E-state index in [-0.39, 0.29) is 5.69 Å². The largest absolute Gasteiger partial charge is 0.366 e. The average Bonchev–Trinajstić information content (AvgIpc) is 3.07. The maximum Gasteiger partial charge on any atom is 0.348 e. The van der Waals surface area contributed by atoms with Crippen molar-refractivity contribution in [2.75, 3.05) is 18.4 Å². The van der Waals surface area contributed by atoms with Crippen molar-refractivity contribution in [1.29, 1.82) is 0 Å². The minimum Gasteiger partial charge on any atom is -0.366 e. The molecule has 1 aliphatic carbocycles. The maximum absolute atomic E-state index is 11.3. The van der Waals surface area contributed by atoms with Crippen LogP contribution in [0.25, 0.3) is 5.65 Å². The number of likely N-dealkylation sites (tertiary alicyclic amines) is 1. The smallest absolute Gasteiger partial charge is 0.348 e. The molecule has 0 spiro atoms. The second-order valence-corrected chi connectivity index (χ2v) is 5.39. The van der Waals surface area contributed by atoms with Crippen LogP contribution in [0.2, 0.25) is 0 Å². The third-order valence-corrected chi connectivity index (χ3v) is 3.94. The lowest BCUT2D eigenvalue weighted by Gasteiger charge is -2.16. The molecule has 7 heteroatoms. The van der Waals surface area contributed by atoms with Crippen LogP contribution in [0.3, 0.4) is 0 Å². The van der Waals surface area contributed by atoms with Gasteiger partial charge < -0.3 is 5.32 Å². The second kappa shape index (κ2) is 4.06. The molecular weight excluding hydrogens is 244 g/mol. The van der Waals surface area contributed by atoms with E-state index in [1.807, 2.05) is 0 Å². The number of fused-ring (bicyclic) bond motifs is 1. The zero-order chi connectivity index (χ0) is 12.8. The SMILES string of the molecule is O=c1[nH]nc2cc(NC3CCN(C4CC4)C3)ncn12. The summed E-state index contributed by atoms with van der Waals surface area (Å²) >= 11 is 0. The summed E-state index contributed by atoms with van der Waals surface area (Å²) in [4.78, 5) is 18.2. The van der Waals surface area contributed by atoms with Crippen LogP contribution in [0.5, 0.6) is 0 Å². The van der Waals surface area contributed by atoms with Gasteiger partial charge in [-0.25, -0.2) is 19.3 Å². The first-order valence-corrected chi connectivity index (χ1v) is 6.73. The minimum absolute atomic E-state index is 0.255. The Kier molecular flexibility index (Phi) is 2.34.